The molecule has 0 aromatic carbocycles. The molecule has 0 amide bonds. The fraction of sp³-hybridized carbons (Fsp3) is 0.615. The first-order valence-corrected chi connectivity index (χ1v) is 6.57. The molecule has 1 saturated heterocycles. The second-order valence-corrected chi connectivity index (χ2v) is 5.07. The lowest BCUT2D eigenvalue weighted by atomic mass is 10.2. The van der Waals surface area contributed by atoms with Crippen LogP contribution < -0.4 is 0 Å². The summed E-state index contributed by atoms with van der Waals surface area (Å²) in [5, 5.41) is 5.39. The molecule has 0 saturated carbocycles. The maximum atomic E-state index is 5.77. The highest BCUT2D eigenvalue weighted by Crippen LogP contribution is 2.25. The van der Waals surface area contributed by atoms with E-state index in [-0.39, 0.29) is 6.23 Å². The highest BCUT2D eigenvalue weighted by Gasteiger charge is 2.19. The summed E-state index contributed by atoms with van der Waals surface area (Å²) in [7, 11) is 0. The highest BCUT2D eigenvalue weighted by atomic mass is 16.5. The zero-order chi connectivity index (χ0) is 12.5. The molecule has 0 spiro atoms. The summed E-state index contributed by atoms with van der Waals surface area (Å²) in [6, 6.07) is 0. The van der Waals surface area contributed by atoms with Gasteiger partial charge in [-0.15, -0.1) is 0 Å². The van der Waals surface area contributed by atoms with Gasteiger partial charge in [0, 0.05) is 18.7 Å². The highest BCUT2D eigenvalue weighted by molar-refractivity contribution is 5.73. The van der Waals surface area contributed by atoms with Gasteiger partial charge in [-0.3, -0.25) is 0 Å². The van der Waals surface area contributed by atoms with Crippen LogP contribution in [0.3, 0.4) is 0 Å². The predicted molar refractivity (Wildman–Crippen MR) is 68.3 cm³/mol. The molecular formula is C13H18N4O. The molecule has 1 unspecified atom stereocenters. The number of nitrogens with zero attached hydrogens (tertiary/aromatic N) is 4. The van der Waals surface area contributed by atoms with Gasteiger partial charge in [-0.05, 0) is 19.3 Å². The Kier molecular flexibility index (Phi) is 2.99. The molecule has 5 nitrogen and oxygen atoms in total. The number of hydrogen-bond donors (Lipinski definition) is 0. The van der Waals surface area contributed by atoms with Crippen molar-refractivity contribution in [2.45, 2.75) is 45.3 Å². The Balaban J connectivity index is 2.03. The Bertz CT molecular complexity index is 543. The van der Waals surface area contributed by atoms with Gasteiger partial charge in [0.05, 0.1) is 11.6 Å². The van der Waals surface area contributed by atoms with Gasteiger partial charge in [-0.25, -0.2) is 14.6 Å². The van der Waals surface area contributed by atoms with Gasteiger partial charge in [0.15, 0.2) is 11.9 Å². The molecule has 3 rings (SSSR count). The zero-order valence-corrected chi connectivity index (χ0v) is 10.8. The van der Waals surface area contributed by atoms with Crippen molar-refractivity contribution in [3.63, 3.8) is 0 Å². The molecule has 5 heteroatoms. The first kappa shape index (κ1) is 11.6. The normalized spacial score (nSPS) is 20.7. The van der Waals surface area contributed by atoms with Gasteiger partial charge in [0.25, 0.3) is 0 Å². The summed E-state index contributed by atoms with van der Waals surface area (Å²) in [5.41, 5.74) is 0.889. The van der Waals surface area contributed by atoms with Crippen LogP contribution in [0.1, 0.15) is 51.1 Å². The minimum absolute atomic E-state index is 0.0335. The molecule has 1 aliphatic heterocycles. The van der Waals surface area contributed by atoms with E-state index in [0.29, 0.717) is 5.92 Å². The Morgan fingerprint density at radius 3 is 2.94 bits per heavy atom. The van der Waals surface area contributed by atoms with Crippen molar-refractivity contribution in [3.8, 4) is 0 Å². The van der Waals surface area contributed by atoms with E-state index in [9.17, 15) is 0 Å². The molecule has 1 aliphatic rings. The lowest BCUT2D eigenvalue weighted by molar-refractivity contribution is -0.0370. The molecule has 1 atom stereocenters. The van der Waals surface area contributed by atoms with Gasteiger partial charge < -0.3 is 4.74 Å². The van der Waals surface area contributed by atoms with Gasteiger partial charge in [-0.1, -0.05) is 13.8 Å². The third kappa shape index (κ3) is 1.99. The van der Waals surface area contributed by atoms with E-state index >= 15 is 0 Å². The van der Waals surface area contributed by atoms with Crippen molar-refractivity contribution >= 4 is 11.0 Å². The quantitative estimate of drug-likeness (QED) is 0.817. The van der Waals surface area contributed by atoms with Gasteiger partial charge in [-0.2, -0.15) is 5.10 Å². The monoisotopic (exact) mass is 246 g/mol. The summed E-state index contributed by atoms with van der Waals surface area (Å²) in [4.78, 5) is 8.98. The standard InChI is InChI=1S/C13H18N4O/c1-9(2)12-14-7-10-8-15-17(13(10)16-12)11-5-3-4-6-18-11/h7-9,11H,3-6H2,1-2H3. The van der Waals surface area contributed by atoms with Gasteiger partial charge in [0.1, 0.15) is 5.82 Å². The lowest BCUT2D eigenvalue weighted by Gasteiger charge is -2.23. The van der Waals surface area contributed by atoms with Crippen LogP contribution in [-0.2, 0) is 4.74 Å². The third-order valence-electron chi connectivity index (χ3n) is 3.30. The molecule has 0 N–H and O–H groups in total. The summed E-state index contributed by atoms with van der Waals surface area (Å²) in [6.07, 6.45) is 7.04. The molecule has 0 radical (unpaired) electrons. The maximum absolute atomic E-state index is 5.77. The average molecular weight is 246 g/mol. The summed E-state index contributed by atoms with van der Waals surface area (Å²) in [6.45, 7) is 5.01. The van der Waals surface area contributed by atoms with E-state index in [4.69, 9.17) is 4.74 Å². The molecule has 2 aromatic rings. The lowest BCUT2D eigenvalue weighted by Crippen LogP contribution is -2.19. The Morgan fingerprint density at radius 1 is 1.33 bits per heavy atom. The second-order valence-electron chi connectivity index (χ2n) is 5.07. The van der Waals surface area contributed by atoms with E-state index in [2.05, 4.69) is 28.9 Å². The van der Waals surface area contributed by atoms with Crippen LogP contribution in [0.15, 0.2) is 12.4 Å². The smallest absolute Gasteiger partial charge is 0.164 e. The number of fused-ring (bicyclic) bond motifs is 1. The molecule has 0 aliphatic carbocycles. The SMILES string of the molecule is CC(C)c1ncc2cnn(C3CCCCO3)c2n1. The van der Waals surface area contributed by atoms with Crippen LogP contribution in [-0.4, -0.2) is 26.4 Å². The van der Waals surface area contributed by atoms with Crippen molar-refractivity contribution in [2.75, 3.05) is 6.61 Å². The van der Waals surface area contributed by atoms with E-state index in [0.717, 1.165) is 36.3 Å². The Labute approximate surface area is 106 Å². The van der Waals surface area contributed by atoms with E-state index in [1.54, 1.807) is 0 Å². The van der Waals surface area contributed by atoms with Crippen LogP contribution in [0, 0.1) is 0 Å². The molecule has 2 aromatic heterocycles. The van der Waals surface area contributed by atoms with Gasteiger partial charge >= 0.3 is 0 Å². The first-order valence-electron chi connectivity index (χ1n) is 6.57. The van der Waals surface area contributed by atoms with Crippen molar-refractivity contribution in [1.82, 2.24) is 19.7 Å². The van der Waals surface area contributed by atoms with Crippen LogP contribution in [0.25, 0.3) is 11.0 Å². The van der Waals surface area contributed by atoms with Crippen LogP contribution >= 0.6 is 0 Å². The fourth-order valence-electron chi connectivity index (χ4n) is 2.25. The van der Waals surface area contributed by atoms with E-state index in [1.165, 1.54) is 6.42 Å². The minimum atomic E-state index is 0.0335. The summed E-state index contributed by atoms with van der Waals surface area (Å²) < 4.78 is 7.68. The average Bonchev–Trinajstić information content (AvgIpc) is 2.82. The van der Waals surface area contributed by atoms with E-state index < -0.39 is 0 Å². The number of ether oxygens (including phenoxy) is 1. The van der Waals surface area contributed by atoms with Gasteiger partial charge in [0.2, 0.25) is 0 Å². The topological polar surface area (TPSA) is 52.8 Å². The number of hydrogen-bond acceptors (Lipinski definition) is 4. The molecule has 0 bridgehead atoms. The zero-order valence-electron chi connectivity index (χ0n) is 10.8. The van der Waals surface area contributed by atoms with Crippen molar-refractivity contribution in [3.05, 3.63) is 18.2 Å². The first-order chi connectivity index (χ1) is 8.75. The predicted octanol–water partition coefficient (Wildman–Crippen LogP) is 2.65. The molecule has 96 valence electrons. The second kappa shape index (κ2) is 4.65. The fourth-order valence-corrected chi connectivity index (χ4v) is 2.25. The van der Waals surface area contributed by atoms with Crippen LogP contribution in [0.4, 0.5) is 0 Å². The van der Waals surface area contributed by atoms with Crippen LogP contribution in [0.5, 0.6) is 0 Å². The summed E-state index contributed by atoms with van der Waals surface area (Å²) >= 11 is 0. The number of aromatic nitrogens is 4. The minimum Gasteiger partial charge on any atom is -0.356 e. The third-order valence-corrected chi connectivity index (χ3v) is 3.30. The maximum Gasteiger partial charge on any atom is 0.164 e. The largest absolute Gasteiger partial charge is 0.356 e. The molecule has 18 heavy (non-hydrogen) atoms. The van der Waals surface area contributed by atoms with Crippen LogP contribution in [0.2, 0.25) is 0 Å². The number of rotatable bonds is 2. The van der Waals surface area contributed by atoms with Crippen molar-refractivity contribution in [1.29, 1.82) is 0 Å². The molecule has 1 fully saturated rings. The Hall–Kier alpha value is -1.49. The molecular weight excluding hydrogens is 228 g/mol. The van der Waals surface area contributed by atoms with Crippen molar-refractivity contribution < 1.29 is 4.74 Å². The molecule has 3 heterocycles. The summed E-state index contributed by atoms with van der Waals surface area (Å²) in [5.74, 6) is 1.19. The Morgan fingerprint density at radius 2 is 2.22 bits per heavy atom. The van der Waals surface area contributed by atoms with E-state index in [1.807, 2.05) is 17.1 Å². The van der Waals surface area contributed by atoms with Crippen molar-refractivity contribution in [2.24, 2.45) is 0 Å².